The second-order valence-electron chi connectivity index (χ2n) is 5.96. The highest BCUT2D eigenvalue weighted by atomic mass is 32.1. The van der Waals surface area contributed by atoms with Crippen LogP contribution in [-0.4, -0.2) is 41.2 Å². The summed E-state index contributed by atoms with van der Waals surface area (Å²) in [4.78, 5) is 18.6. The average molecular weight is 331 g/mol. The fraction of sp³-hybridized carbons (Fsp3) is 0.412. The van der Waals surface area contributed by atoms with E-state index < -0.39 is 0 Å². The molecule has 1 fully saturated rings. The van der Waals surface area contributed by atoms with Crippen molar-refractivity contribution in [2.75, 3.05) is 18.4 Å². The molecule has 1 aromatic heterocycles. The fourth-order valence-corrected chi connectivity index (χ4v) is 3.53. The molecule has 1 aliphatic heterocycles. The van der Waals surface area contributed by atoms with E-state index in [2.05, 4.69) is 10.3 Å². The summed E-state index contributed by atoms with van der Waals surface area (Å²) in [5.41, 5.74) is 2.88. The van der Waals surface area contributed by atoms with Gasteiger partial charge in [-0.25, -0.2) is 9.78 Å². The zero-order valence-electron chi connectivity index (χ0n) is 13.6. The maximum atomic E-state index is 12.4. The number of nitrogens with zero attached hydrogens (tertiary/aromatic N) is 2. The van der Waals surface area contributed by atoms with Crippen LogP contribution in [-0.2, 0) is 4.74 Å². The smallest absolute Gasteiger partial charge is 0.322 e. The standard InChI is InChI=1S/C17H21N3O2S/c1-11-10-23-16(18-11)14-4-6-15(7-5-14)19-17(21)20-8-12(2)22-13(3)9-20/h4-7,10,12-13H,8-9H2,1-3H3,(H,19,21)/t12-,13-/m0/s1. The highest BCUT2D eigenvalue weighted by Gasteiger charge is 2.25. The first kappa shape index (κ1) is 16.0. The zero-order valence-corrected chi connectivity index (χ0v) is 14.4. The number of aromatic nitrogens is 1. The van der Waals surface area contributed by atoms with Crippen LogP contribution in [0.5, 0.6) is 0 Å². The largest absolute Gasteiger partial charge is 0.372 e. The van der Waals surface area contributed by atoms with Gasteiger partial charge in [0.25, 0.3) is 0 Å². The summed E-state index contributed by atoms with van der Waals surface area (Å²) in [6, 6.07) is 7.72. The number of hydrogen-bond donors (Lipinski definition) is 1. The topological polar surface area (TPSA) is 54.5 Å². The van der Waals surface area contributed by atoms with Crippen molar-refractivity contribution in [2.24, 2.45) is 0 Å². The van der Waals surface area contributed by atoms with Crippen LogP contribution in [0.1, 0.15) is 19.5 Å². The van der Waals surface area contributed by atoms with Gasteiger partial charge in [0.05, 0.1) is 12.2 Å². The van der Waals surface area contributed by atoms with E-state index >= 15 is 0 Å². The minimum absolute atomic E-state index is 0.0695. The molecule has 2 heterocycles. The minimum atomic E-state index is -0.0788. The lowest BCUT2D eigenvalue weighted by Crippen LogP contribution is -2.49. The molecule has 2 atom stereocenters. The number of carbonyl (C=O) groups is 1. The van der Waals surface area contributed by atoms with E-state index in [4.69, 9.17) is 4.74 Å². The predicted octanol–water partition coefficient (Wildman–Crippen LogP) is 3.76. The van der Waals surface area contributed by atoms with Gasteiger partial charge in [-0.2, -0.15) is 0 Å². The number of carbonyl (C=O) groups excluding carboxylic acids is 1. The molecule has 0 bridgehead atoms. The third kappa shape index (κ3) is 3.89. The van der Waals surface area contributed by atoms with Gasteiger partial charge in [0.1, 0.15) is 5.01 Å². The van der Waals surface area contributed by atoms with Crippen molar-refractivity contribution in [1.82, 2.24) is 9.88 Å². The van der Waals surface area contributed by atoms with Gasteiger partial charge < -0.3 is 15.0 Å². The van der Waals surface area contributed by atoms with Crippen molar-refractivity contribution < 1.29 is 9.53 Å². The van der Waals surface area contributed by atoms with Crippen molar-refractivity contribution in [3.8, 4) is 10.6 Å². The molecule has 0 aliphatic carbocycles. The molecular formula is C17H21N3O2S. The molecular weight excluding hydrogens is 310 g/mol. The Kier molecular flexibility index (Phi) is 4.63. The number of ether oxygens (including phenoxy) is 1. The first-order valence-corrected chi connectivity index (χ1v) is 8.63. The Balaban J connectivity index is 1.65. The lowest BCUT2D eigenvalue weighted by molar-refractivity contribution is -0.0530. The van der Waals surface area contributed by atoms with E-state index in [9.17, 15) is 4.79 Å². The molecule has 2 amide bonds. The number of thiazole rings is 1. The summed E-state index contributed by atoms with van der Waals surface area (Å²) in [5, 5.41) is 5.98. The molecule has 5 nitrogen and oxygen atoms in total. The monoisotopic (exact) mass is 331 g/mol. The Morgan fingerprint density at radius 1 is 1.26 bits per heavy atom. The van der Waals surface area contributed by atoms with Gasteiger partial charge >= 0.3 is 6.03 Å². The van der Waals surface area contributed by atoms with Crippen LogP contribution < -0.4 is 5.32 Å². The molecule has 1 aliphatic rings. The highest BCUT2D eigenvalue weighted by Crippen LogP contribution is 2.25. The summed E-state index contributed by atoms with van der Waals surface area (Å²) in [7, 11) is 0. The van der Waals surface area contributed by atoms with Crippen LogP contribution >= 0.6 is 11.3 Å². The number of nitrogens with one attached hydrogen (secondary N) is 1. The molecule has 3 rings (SSSR count). The molecule has 0 unspecified atom stereocenters. The molecule has 122 valence electrons. The van der Waals surface area contributed by atoms with E-state index in [1.165, 1.54) is 0 Å². The predicted molar refractivity (Wildman–Crippen MR) is 92.9 cm³/mol. The number of urea groups is 1. The number of hydrogen-bond acceptors (Lipinski definition) is 4. The van der Waals surface area contributed by atoms with Gasteiger partial charge in [0.2, 0.25) is 0 Å². The zero-order chi connectivity index (χ0) is 16.4. The van der Waals surface area contributed by atoms with Crippen molar-refractivity contribution in [1.29, 1.82) is 0 Å². The molecule has 1 aromatic carbocycles. The summed E-state index contributed by atoms with van der Waals surface area (Å²) in [5.74, 6) is 0. The van der Waals surface area contributed by atoms with Crippen molar-refractivity contribution in [2.45, 2.75) is 33.0 Å². The number of aryl methyl sites for hydroxylation is 1. The third-order valence-electron chi connectivity index (χ3n) is 3.71. The Labute approximate surface area is 140 Å². The second kappa shape index (κ2) is 6.68. The van der Waals surface area contributed by atoms with E-state index in [1.54, 1.807) is 16.2 Å². The van der Waals surface area contributed by atoms with Crippen LogP contribution in [0.15, 0.2) is 29.6 Å². The van der Waals surface area contributed by atoms with Gasteiger partial charge in [-0.15, -0.1) is 11.3 Å². The van der Waals surface area contributed by atoms with Crippen LogP contribution in [0, 0.1) is 6.92 Å². The number of amides is 2. The van der Waals surface area contributed by atoms with Crippen LogP contribution in [0.4, 0.5) is 10.5 Å². The lowest BCUT2D eigenvalue weighted by Gasteiger charge is -2.35. The van der Waals surface area contributed by atoms with E-state index in [0.717, 1.165) is 22.0 Å². The third-order valence-corrected chi connectivity index (χ3v) is 4.72. The van der Waals surface area contributed by atoms with E-state index in [-0.39, 0.29) is 18.2 Å². The maximum Gasteiger partial charge on any atom is 0.322 e. The molecule has 1 saturated heterocycles. The van der Waals surface area contributed by atoms with Gasteiger partial charge in [-0.05, 0) is 45.0 Å². The second-order valence-corrected chi connectivity index (χ2v) is 6.82. The molecule has 0 radical (unpaired) electrons. The van der Waals surface area contributed by atoms with Crippen LogP contribution in [0.2, 0.25) is 0 Å². The van der Waals surface area contributed by atoms with Crippen molar-refractivity contribution >= 4 is 23.1 Å². The molecule has 6 heteroatoms. The quantitative estimate of drug-likeness (QED) is 0.911. The summed E-state index contributed by atoms with van der Waals surface area (Å²) >= 11 is 1.62. The first-order chi connectivity index (χ1) is 11.0. The molecule has 0 saturated carbocycles. The Morgan fingerprint density at radius 3 is 2.48 bits per heavy atom. The first-order valence-electron chi connectivity index (χ1n) is 7.75. The fourth-order valence-electron chi connectivity index (χ4n) is 2.73. The molecule has 23 heavy (non-hydrogen) atoms. The number of morpholine rings is 1. The maximum absolute atomic E-state index is 12.4. The van der Waals surface area contributed by atoms with Crippen LogP contribution in [0.3, 0.4) is 0 Å². The van der Waals surface area contributed by atoms with Gasteiger partial charge in [-0.1, -0.05) is 0 Å². The average Bonchev–Trinajstić information content (AvgIpc) is 2.93. The Bertz CT molecular complexity index is 673. The molecule has 1 N–H and O–H groups in total. The van der Waals surface area contributed by atoms with Crippen molar-refractivity contribution in [3.05, 3.63) is 35.3 Å². The Hall–Kier alpha value is -1.92. The van der Waals surface area contributed by atoms with E-state index in [0.29, 0.717) is 13.1 Å². The van der Waals surface area contributed by atoms with E-state index in [1.807, 2.05) is 50.4 Å². The summed E-state index contributed by atoms with van der Waals surface area (Å²) in [6.07, 6.45) is 0.139. The Morgan fingerprint density at radius 2 is 1.91 bits per heavy atom. The SMILES string of the molecule is Cc1csc(-c2ccc(NC(=O)N3C[C@H](C)O[C@@H](C)C3)cc2)n1. The van der Waals surface area contributed by atoms with Gasteiger partial charge in [-0.3, -0.25) is 0 Å². The normalized spacial score (nSPS) is 21.3. The van der Waals surface area contributed by atoms with Gasteiger partial charge in [0.15, 0.2) is 0 Å². The number of anilines is 1. The highest BCUT2D eigenvalue weighted by molar-refractivity contribution is 7.13. The molecule has 0 spiro atoms. The number of rotatable bonds is 2. The van der Waals surface area contributed by atoms with Gasteiger partial charge in [0, 0.05) is 35.4 Å². The summed E-state index contributed by atoms with van der Waals surface area (Å²) < 4.78 is 5.66. The van der Waals surface area contributed by atoms with Crippen LogP contribution in [0.25, 0.3) is 10.6 Å². The lowest BCUT2D eigenvalue weighted by atomic mass is 10.2. The minimum Gasteiger partial charge on any atom is -0.372 e. The molecule has 2 aromatic rings. The number of benzene rings is 1. The van der Waals surface area contributed by atoms with Crippen molar-refractivity contribution in [3.63, 3.8) is 0 Å². The summed E-state index contributed by atoms with van der Waals surface area (Å²) in [6.45, 7) is 7.19.